The maximum atomic E-state index is 13.7. The van der Waals surface area contributed by atoms with Gasteiger partial charge < -0.3 is 10.2 Å². The molecule has 3 rings (SSSR count). The molecule has 0 aromatic heterocycles. The average Bonchev–Trinajstić information content (AvgIpc) is 2.57. The van der Waals surface area contributed by atoms with Gasteiger partial charge in [-0.2, -0.15) is 0 Å². The molecule has 0 unspecified atom stereocenters. The fraction of sp³-hybridized carbons (Fsp3) is 0.105. The van der Waals surface area contributed by atoms with Crippen LogP contribution in [0.15, 0.2) is 66.7 Å². The van der Waals surface area contributed by atoms with E-state index in [1.54, 1.807) is 25.2 Å². The molecule has 4 heteroatoms. The lowest BCUT2D eigenvalue weighted by Crippen LogP contribution is -2.31. The third-order valence-corrected chi connectivity index (χ3v) is 3.74. The zero-order valence-electron chi connectivity index (χ0n) is 12.8. The minimum atomic E-state index is -0.308. The van der Waals surface area contributed by atoms with Gasteiger partial charge >= 0.3 is 6.03 Å². The Morgan fingerprint density at radius 3 is 2.52 bits per heavy atom. The summed E-state index contributed by atoms with van der Waals surface area (Å²) < 4.78 is 13.7. The molecule has 0 aliphatic carbocycles. The van der Waals surface area contributed by atoms with Gasteiger partial charge in [-0.05, 0) is 17.5 Å². The number of nitrogens with one attached hydrogen (secondary N) is 1. The molecule has 0 aliphatic heterocycles. The second kappa shape index (κ2) is 6.48. The summed E-state index contributed by atoms with van der Waals surface area (Å²) in [4.78, 5) is 13.8. The van der Waals surface area contributed by atoms with Crippen molar-refractivity contribution in [3.63, 3.8) is 0 Å². The topological polar surface area (TPSA) is 32.3 Å². The van der Waals surface area contributed by atoms with Crippen LogP contribution < -0.4 is 5.32 Å². The number of rotatable bonds is 3. The first kappa shape index (κ1) is 15.0. The maximum Gasteiger partial charge on any atom is 0.321 e. The highest BCUT2D eigenvalue weighted by atomic mass is 19.1. The lowest BCUT2D eigenvalue weighted by molar-refractivity contribution is 0.220. The molecule has 3 aromatic rings. The molecule has 3 nitrogen and oxygen atoms in total. The Labute approximate surface area is 134 Å². The number of amides is 2. The molecule has 0 saturated carbocycles. The molecule has 116 valence electrons. The van der Waals surface area contributed by atoms with Crippen LogP contribution >= 0.6 is 0 Å². The number of fused-ring (bicyclic) bond motifs is 1. The molecule has 0 fully saturated rings. The zero-order chi connectivity index (χ0) is 16.2. The second-order valence-corrected chi connectivity index (χ2v) is 5.40. The van der Waals surface area contributed by atoms with Gasteiger partial charge in [0.05, 0.1) is 5.69 Å². The highest BCUT2D eigenvalue weighted by molar-refractivity contribution is 6.01. The molecule has 0 radical (unpaired) electrons. The Balaban J connectivity index is 1.77. The number of nitrogens with zero attached hydrogens (tertiary/aromatic N) is 1. The standard InChI is InChI=1S/C19H17FN2O/c1-22(13-15-8-3-5-11-17(15)20)19(23)21-18-12-6-9-14-7-2-4-10-16(14)18/h2-12H,13H2,1H3,(H,21,23). The molecule has 0 bridgehead atoms. The van der Waals surface area contributed by atoms with E-state index < -0.39 is 0 Å². The van der Waals surface area contributed by atoms with E-state index in [9.17, 15) is 9.18 Å². The summed E-state index contributed by atoms with van der Waals surface area (Å²) in [6.07, 6.45) is 0. The summed E-state index contributed by atoms with van der Waals surface area (Å²) in [6, 6.07) is 19.8. The summed E-state index contributed by atoms with van der Waals surface area (Å²) in [7, 11) is 1.65. The van der Waals surface area contributed by atoms with Crippen LogP contribution in [0.1, 0.15) is 5.56 Å². The van der Waals surface area contributed by atoms with Crippen LogP contribution in [0.3, 0.4) is 0 Å². The van der Waals surface area contributed by atoms with Gasteiger partial charge in [-0.3, -0.25) is 0 Å². The fourth-order valence-corrected chi connectivity index (χ4v) is 2.50. The van der Waals surface area contributed by atoms with Crippen LogP contribution in [0.25, 0.3) is 10.8 Å². The van der Waals surface area contributed by atoms with Gasteiger partial charge in [0.1, 0.15) is 5.82 Å². The SMILES string of the molecule is CN(Cc1ccccc1F)C(=O)Nc1cccc2ccccc12. The average molecular weight is 308 g/mol. The third-order valence-electron chi connectivity index (χ3n) is 3.74. The van der Waals surface area contributed by atoms with Crippen molar-refractivity contribution in [2.24, 2.45) is 0 Å². The van der Waals surface area contributed by atoms with Crippen molar-refractivity contribution in [1.29, 1.82) is 0 Å². The molecule has 0 heterocycles. The third kappa shape index (κ3) is 3.31. The highest BCUT2D eigenvalue weighted by Gasteiger charge is 2.12. The Morgan fingerprint density at radius 2 is 1.70 bits per heavy atom. The quantitative estimate of drug-likeness (QED) is 0.751. The molecule has 3 aromatic carbocycles. The van der Waals surface area contributed by atoms with E-state index in [0.29, 0.717) is 5.56 Å². The number of benzene rings is 3. The monoisotopic (exact) mass is 308 g/mol. The van der Waals surface area contributed by atoms with Crippen molar-refractivity contribution in [3.8, 4) is 0 Å². The van der Waals surface area contributed by atoms with Crippen LogP contribution in [-0.2, 0) is 6.54 Å². The van der Waals surface area contributed by atoms with Crippen LogP contribution in [0.5, 0.6) is 0 Å². The van der Waals surface area contributed by atoms with E-state index in [4.69, 9.17) is 0 Å². The predicted molar refractivity (Wildman–Crippen MR) is 90.8 cm³/mol. The first-order valence-corrected chi connectivity index (χ1v) is 7.38. The van der Waals surface area contributed by atoms with Crippen molar-refractivity contribution >= 4 is 22.5 Å². The Bertz CT molecular complexity index is 842. The van der Waals surface area contributed by atoms with Crippen molar-refractivity contribution in [1.82, 2.24) is 4.90 Å². The Hall–Kier alpha value is -2.88. The Kier molecular flexibility index (Phi) is 4.24. The number of carbonyl (C=O) groups excluding carboxylic acids is 1. The van der Waals surface area contributed by atoms with Gasteiger partial charge in [-0.25, -0.2) is 9.18 Å². The fourth-order valence-electron chi connectivity index (χ4n) is 2.50. The first-order chi connectivity index (χ1) is 11.1. The predicted octanol–water partition coefficient (Wildman–Crippen LogP) is 4.64. The van der Waals surface area contributed by atoms with Crippen LogP contribution in [-0.4, -0.2) is 18.0 Å². The normalized spacial score (nSPS) is 10.5. The number of urea groups is 1. The molecular weight excluding hydrogens is 291 g/mol. The summed E-state index contributed by atoms with van der Waals surface area (Å²) in [5.41, 5.74) is 1.23. The van der Waals surface area contributed by atoms with Crippen molar-refractivity contribution in [2.75, 3.05) is 12.4 Å². The molecule has 1 N–H and O–H groups in total. The lowest BCUT2D eigenvalue weighted by atomic mass is 10.1. The van der Waals surface area contributed by atoms with E-state index in [2.05, 4.69) is 5.32 Å². The summed E-state index contributed by atoms with van der Waals surface area (Å²) >= 11 is 0. The van der Waals surface area contributed by atoms with E-state index in [0.717, 1.165) is 16.5 Å². The minimum absolute atomic E-state index is 0.212. The number of anilines is 1. The smallest absolute Gasteiger partial charge is 0.321 e. The number of hydrogen-bond acceptors (Lipinski definition) is 1. The Morgan fingerprint density at radius 1 is 1.00 bits per heavy atom. The van der Waals surface area contributed by atoms with Gasteiger partial charge in [-0.1, -0.05) is 54.6 Å². The zero-order valence-corrected chi connectivity index (χ0v) is 12.8. The summed E-state index contributed by atoms with van der Waals surface area (Å²) in [5.74, 6) is -0.308. The van der Waals surface area contributed by atoms with Gasteiger partial charge in [0, 0.05) is 24.5 Å². The molecule has 0 aliphatic rings. The molecule has 0 saturated heterocycles. The van der Waals surface area contributed by atoms with E-state index in [1.807, 2.05) is 42.5 Å². The number of halogens is 1. The first-order valence-electron chi connectivity index (χ1n) is 7.38. The van der Waals surface area contributed by atoms with Crippen molar-refractivity contribution in [3.05, 3.63) is 78.1 Å². The largest absolute Gasteiger partial charge is 0.323 e. The molecule has 23 heavy (non-hydrogen) atoms. The van der Waals surface area contributed by atoms with Crippen LogP contribution in [0, 0.1) is 5.82 Å². The number of hydrogen-bond donors (Lipinski definition) is 1. The lowest BCUT2D eigenvalue weighted by Gasteiger charge is -2.19. The maximum absolute atomic E-state index is 13.7. The summed E-state index contributed by atoms with van der Waals surface area (Å²) in [6.45, 7) is 0.212. The molecule has 0 atom stereocenters. The van der Waals surface area contributed by atoms with Gasteiger partial charge in [0.25, 0.3) is 0 Å². The van der Waals surface area contributed by atoms with E-state index >= 15 is 0 Å². The van der Waals surface area contributed by atoms with Gasteiger partial charge in [0.15, 0.2) is 0 Å². The van der Waals surface area contributed by atoms with Gasteiger partial charge in [0.2, 0.25) is 0 Å². The molecule has 2 amide bonds. The summed E-state index contributed by atoms with van der Waals surface area (Å²) in [5, 5.41) is 4.92. The molecular formula is C19H17FN2O. The van der Waals surface area contributed by atoms with E-state index in [1.165, 1.54) is 11.0 Å². The second-order valence-electron chi connectivity index (χ2n) is 5.40. The van der Waals surface area contributed by atoms with Crippen LogP contribution in [0.4, 0.5) is 14.9 Å². The highest BCUT2D eigenvalue weighted by Crippen LogP contribution is 2.23. The minimum Gasteiger partial charge on any atom is -0.323 e. The van der Waals surface area contributed by atoms with E-state index in [-0.39, 0.29) is 18.4 Å². The van der Waals surface area contributed by atoms with Crippen molar-refractivity contribution in [2.45, 2.75) is 6.54 Å². The van der Waals surface area contributed by atoms with Crippen molar-refractivity contribution < 1.29 is 9.18 Å². The molecule has 0 spiro atoms. The van der Waals surface area contributed by atoms with Gasteiger partial charge in [-0.15, -0.1) is 0 Å². The number of carbonyl (C=O) groups is 1. The van der Waals surface area contributed by atoms with Crippen LogP contribution in [0.2, 0.25) is 0 Å².